The molecule has 0 amide bonds. The van der Waals surface area contributed by atoms with Crippen LogP contribution in [0.1, 0.15) is 31.3 Å². The van der Waals surface area contributed by atoms with Crippen LogP contribution in [0.3, 0.4) is 0 Å². The Labute approximate surface area is 126 Å². The molecule has 1 aliphatic heterocycles. The Balaban J connectivity index is 1.99. The SMILES string of the molecule is CCNCc1cc(S(=O)(=O)NCC2CCCOC2)c(C)o1. The van der Waals surface area contributed by atoms with Crippen molar-refractivity contribution in [1.29, 1.82) is 0 Å². The van der Waals surface area contributed by atoms with Crippen LogP contribution in [0.25, 0.3) is 0 Å². The van der Waals surface area contributed by atoms with Crippen molar-refractivity contribution in [2.24, 2.45) is 5.92 Å². The summed E-state index contributed by atoms with van der Waals surface area (Å²) < 4.78 is 38.2. The topological polar surface area (TPSA) is 80.6 Å². The van der Waals surface area contributed by atoms with E-state index in [9.17, 15) is 8.42 Å². The van der Waals surface area contributed by atoms with Crippen LogP contribution in [0, 0.1) is 12.8 Å². The third kappa shape index (κ3) is 4.54. The molecule has 120 valence electrons. The van der Waals surface area contributed by atoms with E-state index < -0.39 is 10.0 Å². The second-order valence-corrected chi connectivity index (χ2v) is 7.08. The van der Waals surface area contributed by atoms with Gasteiger partial charge in [-0.3, -0.25) is 0 Å². The van der Waals surface area contributed by atoms with Gasteiger partial charge in [-0.25, -0.2) is 13.1 Å². The molecule has 0 aliphatic carbocycles. The Bertz CT molecular complexity index is 547. The minimum absolute atomic E-state index is 0.229. The van der Waals surface area contributed by atoms with Gasteiger partial charge in [0.15, 0.2) is 0 Å². The lowest BCUT2D eigenvalue weighted by Crippen LogP contribution is -2.33. The van der Waals surface area contributed by atoms with E-state index in [0.717, 1.165) is 26.0 Å². The highest BCUT2D eigenvalue weighted by molar-refractivity contribution is 7.89. The van der Waals surface area contributed by atoms with E-state index in [4.69, 9.17) is 9.15 Å². The van der Waals surface area contributed by atoms with Crippen molar-refractivity contribution >= 4 is 10.0 Å². The van der Waals surface area contributed by atoms with Gasteiger partial charge in [0.05, 0.1) is 13.2 Å². The van der Waals surface area contributed by atoms with Crippen molar-refractivity contribution in [2.75, 3.05) is 26.3 Å². The normalized spacial score (nSPS) is 19.8. The highest BCUT2D eigenvalue weighted by Crippen LogP contribution is 2.20. The van der Waals surface area contributed by atoms with Crippen LogP contribution < -0.4 is 10.0 Å². The van der Waals surface area contributed by atoms with E-state index in [1.54, 1.807) is 13.0 Å². The van der Waals surface area contributed by atoms with Gasteiger partial charge in [0, 0.05) is 19.2 Å². The second-order valence-electron chi connectivity index (χ2n) is 5.35. The van der Waals surface area contributed by atoms with E-state index in [2.05, 4.69) is 10.0 Å². The number of furan rings is 1. The zero-order valence-electron chi connectivity index (χ0n) is 12.6. The summed E-state index contributed by atoms with van der Waals surface area (Å²) in [6.07, 6.45) is 1.99. The zero-order valence-corrected chi connectivity index (χ0v) is 13.5. The van der Waals surface area contributed by atoms with Gasteiger partial charge in [-0.05, 0) is 32.2 Å². The third-order valence-corrected chi connectivity index (χ3v) is 5.11. The van der Waals surface area contributed by atoms with Gasteiger partial charge in [0.2, 0.25) is 10.0 Å². The summed E-state index contributed by atoms with van der Waals surface area (Å²) in [5.74, 6) is 1.31. The lowest BCUT2D eigenvalue weighted by Gasteiger charge is -2.22. The maximum atomic E-state index is 12.4. The van der Waals surface area contributed by atoms with Crippen LogP contribution in [-0.2, 0) is 21.3 Å². The van der Waals surface area contributed by atoms with Crippen molar-refractivity contribution in [3.05, 3.63) is 17.6 Å². The molecule has 1 aromatic rings. The largest absolute Gasteiger partial charge is 0.464 e. The van der Waals surface area contributed by atoms with Crippen molar-refractivity contribution in [3.8, 4) is 0 Å². The van der Waals surface area contributed by atoms with Crippen LogP contribution in [0.15, 0.2) is 15.4 Å². The molecule has 1 fully saturated rings. The maximum Gasteiger partial charge on any atom is 0.244 e. The summed E-state index contributed by atoms with van der Waals surface area (Å²) in [5, 5.41) is 3.11. The highest BCUT2D eigenvalue weighted by atomic mass is 32.2. The van der Waals surface area contributed by atoms with E-state index >= 15 is 0 Å². The minimum atomic E-state index is -3.52. The Kier molecular flexibility index (Phi) is 5.80. The first-order valence-corrected chi connectivity index (χ1v) is 8.88. The molecule has 1 unspecified atom stereocenters. The molecule has 2 rings (SSSR count). The van der Waals surface area contributed by atoms with Crippen LogP contribution >= 0.6 is 0 Å². The second kappa shape index (κ2) is 7.40. The van der Waals surface area contributed by atoms with Gasteiger partial charge in [-0.15, -0.1) is 0 Å². The number of nitrogens with one attached hydrogen (secondary N) is 2. The highest BCUT2D eigenvalue weighted by Gasteiger charge is 2.23. The first-order valence-electron chi connectivity index (χ1n) is 7.40. The molecule has 2 N–H and O–H groups in total. The summed E-state index contributed by atoms with van der Waals surface area (Å²) in [7, 11) is -3.52. The number of sulfonamides is 1. The first kappa shape index (κ1) is 16.5. The Morgan fingerprint density at radius 2 is 2.24 bits per heavy atom. The summed E-state index contributed by atoms with van der Waals surface area (Å²) in [6, 6.07) is 1.59. The Morgan fingerprint density at radius 3 is 2.90 bits per heavy atom. The maximum absolute atomic E-state index is 12.4. The fourth-order valence-corrected chi connectivity index (χ4v) is 3.72. The molecule has 1 atom stereocenters. The van der Waals surface area contributed by atoms with Crippen LogP contribution in [0.4, 0.5) is 0 Å². The molecule has 6 nitrogen and oxygen atoms in total. The van der Waals surface area contributed by atoms with E-state index in [-0.39, 0.29) is 10.8 Å². The fraction of sp³-hybridized carbons (Fsp3) is 0.714. The molecule has 0 saturated carbocycles. The number of hydrogen-bond acceptors (Lipinski definition) is 5. The molecule has 7 heteroatoms. The predicted molar refractivity (Wildman–Crippen MR) is 79.6 cm³/mol. The molecule has 21 heavy (non-hydrogen) atoms. The van der Waals surface area contributed by atoms with Gasteiger partial charge in [0.1, 0.15) is 16.4 Å². The summed E-state index contributed by atoms with van der Waals surface area (Å²) >= 11 is 0. The Morgan fingerprint density at radius 1 is 1.43 bits per heavy atom. The molecular weight excluding hydrogens is 292 g/mol. The summed E-state index contributed by atoms with van der Waals surface area (Å²) in [5.41, 5.74) is 0. The number of rotatable bonds is 7. The molecule has 0 bridgehead atoms. The van der Waals surface area contributed by atoms with Gasteiger partial charge < -0.3 is 14.5 Å². The van der Waals surface area contributed by atoms with Crippen molar-refractivity contribution in [1.82, 2.24) is 10.0 Å². The molecule has 0 radical (unpaired) electrons. The van der Waals surface area contributed by atoms with E-state index in [1.165, 1.54) is 0 Å². The molecule has 1 aromatic heterocycles. The quantitative estimate of drug-likeness (QED) is 0.795. The molecule has 1 saturated heterocycles. The monoisotopic (exact) mass is 316 g/mol. The van der Waals surface area contributed by atoms with Crippen LogP contribution in [-0.4, -0.2) is 34.7 Å². The van der Waals surface area contributed by atoms with Gasteiger partial charge in [-0.1, -0.05) is 6.92 Å². The molecular formula is C14H24N2O4S. The van der Waals surface area contributed by atoms with Crippen molar-refractivity contribution < 1.29 is 17.6 Å². The smallest absolute Gasteiger partial charge is 0.244 e. The zero-order chi connectivity index (χ0) is 15.3. The summed E-state index contributed by atoms with van der Waals surface area (Å²) in [4.78, 5) is 0.229. The lowest BCUT2D eigenvalue weighted by molar-refractivity contribution is 0.0568. The first-order chi connectivity index (χ1) is 10.0. The van der Waals surface area contributed by atoms with Crippen LogP contribution in [0.5, 0.6) is 0 Å². The Hall–Kier alpha value is -0.890. The minimum Gasteiger partial charge on any atom is -0.464 e. The molecule has 0 aromatic carbocycles. The molecule has 2 heterocycles. The standard InChI is InChI=1S/C14H24N2O4S/c1-3-15-9-13-7-14(11(2)20-13)21(17,18)16-8-12-5-4-6-19-10-12/h7,12,15-16H,3-6,8-10H2,1-2H3. The third-order valence-electron chi connectivity index (χ3n) is 3.58. The number of hydrogen-bond donors (Lipinski definition) is 2. The van der Waals surface area contributed by atoms with E-state index in [0.29, 0.717) is 31.2 Å². The van der Waals surface area contributed by atoms with Gasteiger partial charge >= 0.3 is 0 Å². The lowest BCUT2D eigenvalue weighted by atomic mass is 10.0. The average molecular weight is 316 g/mol. The molecule has 1 aliphatic rings. The summed E-state index contributed by atoms with van der Waals surface area (Å²) in [6.45, 7) is 6.81. The number of ether oxygens (including phenoxy) is 1. The molecule has 0 spiro atoms. The average Bonchev–Trinajstić information content (AvgIpc) is 2.86. The van der Waals surface area contributed by atoms with Gasteiger partial charge in [0.25, 0.3) is 0 Å². The predicted octanol–water partition coefficient (Wildman–Crippen LogP) is 1.40. The van der Waals surface area contributed by atoms with Crippen molar-refractivity contribution in [3.63, 3.8) is 0 Å². The van der Waals surface area contributed by atoms with Crippen LogP contribution in [0.2, 0.25) is 0 Å². The van der Waals surface area contributed by atoms with Crippen molar-refractivity contribution in [2.45, 2.75) is 38.1 Å². The van der Waals surface area contributed by atoms with E-state index in [1.807, 2.05) is 6.92 Å². The van der Waals surface area contributed by atoms with Gasteiger partial charge in [-0.2, -0.15) is 0 Å². The number of aryl methyl sites for hydroxylation is 1. The fourth-order valence-electron chi connectivity index (χ4n) is 2.40.